The van der Waals surface area contributed by atoms with Crippen molar-refractivity contribution in [1.82, 2.24) is 30.4 Å². The van der Waals surface area contributed by atoms with Crippen LogP contribution in [0.5, 0.6) is 0 Å². The SMILES string of the molecule is CCNC(=NCCCn1cccn1)NCCc1nc2ccccc2[nH]1. The molecule has 0 bridgehead atoms. The minimum absolute atomic E-state index is 0.764. The molecule has 1 aromatic carbocycles. The van der Waals surface area contributed by atoms with Gasteiger partial charge in [-0.25, -0.2) is 4.98 Å². The van der Waals surface area contributed by atoms with E-state index in [0.29, 0.717) is 0 Å². The summed E-state index contributed by atoms with van der Waals surface area (Å²) in [5, 5.41) is 10.8. The van der Waals surface area contributed by atoms with Gasteiger partial charge in [-0.1, -0.05) is 12.1 Å². The summed E-state index contributed by atoms with van der Waals surface area (Å²) >= 11 is 0. The van der Waals surface area contributed by atoms with Gasteiger partial charge in [0.05, 0.1) is 11.0 Å². The third-order valence-corrected chi connectivity index (χ3v) is 3.81. The number of aromatic amines is 1. The van der Waals surface area contributed by atoms with Gasteiger partial charge in [-0.15, -0.1) is 0 Å². The summed E-state index contributed by atoms with van der Waals surface area (Å²) in [6, 6.07) is 10.0. The van der Waals surface area contributed by atoms with E-state index in [1.807, 2.05) is 41.2 Å². The minimum atomic E-state index is 0.764. The number of aliphatic imine (C=N–C) groups is 1. The number of nitrogens with one attached hydrogen (secondary N) is 3. The van der Waals surface area contributed by atoms with Crippen LogP contribution in [0.4, 0.5) is 0 Å². The lowest BCUT2D eigenvalue weighted by Crippen LogP contribution is -2.38. The number of fused-ring (bicyclic) bond motifs is 1. The molecule has 7 nitrogen and oxygen atoms in total. The Morgan fingerprint density at radius 3 is 2.96 bits per heavy atom. The van der Waals surface area contributed by atoms with Crippen molar-refractivity contribution in [2.24, 2.45) is 4.99 Å². The molecule has 0 fully saturated rings. The van der Waals surface area contributed by atoms with Crippen molar-refractivity contribution in [3.05, 3.63) is 48.5 Å². The standard InChI is InChI=1S/C18H25N7/c1-2-19-18(20-10-5-13-25-14-6-11-22-25)21-12-9-17-23-15-7-3-4-8-16(15)24-17/h3-4,6-8,11,14H,2,5,9-10,12-13H2,1H3,(H,23,24)(H2,19,20,21). The number of aryl methyl sites for hydroxylation is 1. The number of para-hydroxylation sites is 2. The van der Waals surface area contributed by atoms with E-state index in [1.54, 1.807) is 6.20 Å². The molecule has 0 unspecified atom stereocenters. The first kappa shape index (κ1) is 17.0. The van der Waals surface area contributed by atoms with E-state index in [-0.39, 0.29) is 0 Å². The molecule has 0 aliphatic rings. The van der Waals surface area contributed by atoms with E-state index in [1.165, 1.54) is 0 Å². The molecule has 3 N–H and O–H groups in total. The van der Waals surface area contributed by atoms with Gasteiger partial charge in [0.25, 0.3) is 0 Å². The second-order valence-corrected chi connectivity index (χ2v) is 5.76. The van der Waals surface area contributed by atoms with Crippen LogP contribution in [0.15, 0.2) is 47.7 Å². The third-order valence-electron chi connectivity index (χ3n) is 3.81. The molecule has 2 heterocycles. The van der Waals surface area contributed by atoms with Crippen molar-refractivity contribution in [1.29, 1.82) is 0 Å². The molecule has 7 heteroatoms. The Kier molecular flexibility index (Phi) is 6.03. The first-order chi connectivity index (χ1) is 12.3. The first-order valence-corrected chi connectivity index (χ1v) is 8.78. The Labute approximate surface area is 147 Å². The predicted octanol–water partition coefficient (Wildman–Crippen LogP) is 1.95. The Hall–Kier alpha value is -2.83. The third kappa shape index (κ3) is 5.07. The van der Waals surface area contributed by atoms with Crippen LogP contribution in [0.3, 0.4) is 0 Å². The largest absolute Gasteiger partial charge is 0.357 e. The molecular weight excluding hydrogens is 314 g/mol. The van der Waals surface area contributed by atoms with Crippen molar-refractivity contribution in [2.75, 3.05) is 19.6 Å². The van der Waals surface area contributed by atoms with Crippen molar-refractivity contribution in [3.63, 3.8) is 0 Å². The van der Waals surface area contributed by atoms with E-state index >= 15 is 0 Å². The summed E-state index contributed by atoms with van der Waals surface area (Å²) < 4.78 is 1.93. The van der Waals surface area contributed by atoms with Crippen LogP contribution in [0.1, 0.15) is 19.2 Å². The second-order valence-electron chi connectivity index (χ2n) is 5.76. The number of H-pyrrole nitrogens is 1. The molecule has 2 aromatic heterocycles. The molecule has 0 amide bonds. The number of hydrogen-bond acceptors (Lipinski definition) is 3. The molecule has 0 aliphatic heterocycles. The minimum Gasteiger partial charge on any atom is -0.357 e. The summed E-state index contributed by atoms with van der Waals surface area (Å²) in [6.45, 7) is 5.34. The van der Waals surface area contributed by atoms with Crippen LogP contribution in [-0.4, -0.2) is 45.3 Å². The number of benzene rings is 1. The van der Waals surface area contributed by atoms with E-state index in [0.717, 1.165) is 61.8 Å². The molecule has 132 valence electrons. The smallest absolute Gasteiger partial charge is 0.191 e. The second kappa shape index (κ2) is 8.86. The van der Waals surface area contributed by atoms with Gasteiger partial charge in [0, 0.05) is 45.0 Å². The highest BCUT2D eigenvalue weighted by molar-refractivity contribution is 5.79. The van der Waals surface area contributed by atoms with Gasteiger partial charge < -0.3 is 15.6 Å². The number of rotatable bonds is 8. The van der Waals surface area contributed by atoms with Crippen LogP contribution in [0, 0.1) is 0 Å². The van der Waals surface area contributed by atoms with Crippen LogP contribution in [0.25, 0.3) is 11.0 Å². The monoisotopic (exact) mass is 339 g/mol. The molecule has 0 saturated carbocycles. The Morgan fingerprint density at radius 1 is 1.24 bits per heavy atom. The topological polar surface area (TPSA) is 82.9 Å². The average Bonchev–Trinajstić information content (AvgIpc) is 3.27. The van der Waals surface area contributed by atoms with Crippen LogP contribution in [0.2, 0.25) is 0 Å². The summed E-state index contributed by atoms with van der Waals surface area (Å²) in [5.74, 6) is 1.84. The van der Waals surface area contributed by atoms with Gasteiger partial charge in [0.1, 0.15) is 5.82 Å². The molecule has 0 aliphatic carbocycles. The fraction of sp³-hybridized carbons (Fsp3) is 0.389. The molecule has 0 radical (unpaired) electrons. The molecule has 25 heavy (non-hydrogen) atoms. The number of hydrogen-bond donors (Lipinski definition) is 3. The molecule has 0 saturated heterocycles. The summed E-state index contributed by atoms with van der Waals surface area (Å²) in [5.41, 5.74) is 2.09. The quantitative estimate of drug-likeness (QED) is 0.333. The molecule has 3 rings (SSSR count). The normalized spacial score (nSPS) is 11.8. The highest BCUT2D eigenvalue weighted by Gasteiger charge is 2.02. The van der Waals surface area contributed by atoms with E-state index in [2.05, 4.69) is 37.6 Å². The first-order valence-electron chi connectivity index (χ1n) is 8.78. The van der Waals surface area contributed by atoms with Crippen LogP contribution < -0.4 is 10.6 Å². The van der Waals surface area contributed by atoms with Gasteiger partial charge in [-0.3, -0.25) is 9.67 Å². The lowest BCUT2D eigenvalue weighted by atomic mass is 10.3. The molecule has 3 aromatic rings. The fourth-order valence-electron chi connectivity index (χ4n) is 2.62. The van der Waals surface area contributed by atoms with E-state index in [4.69, 9.17) is 0 Å². The van der Waals surface area contributed by atoms with E-state index in [9.17, 15) is 0 Å². The van der Waals surface area contributed by atoms with Crippen molar-refractivity contribution in [3.8, 4) is 0 Å². The Morgan fingerprint density at radius 2 is 2.16 bits per heavy atom. The number of nitrogens with zero attached hydrogens (tertiary/aromatic N) is 4. The molecule has 0 spiro atoms. The Bertz CT molecular complexity index is 756. The summed E-state index contributed by atoms with van der Waals surface area (Å²) in [6.07, 6.45) is 5.56. The van der Waals surface area contributed by atoms with Crippen LogP contribution >= 0.6 is 0 Å². The van der Waals surface area contributed by atoms with Gasteiger partial charge in [-0.05, 0) is 31.5 Å². The Balaban J connectivity index is 1.45. The summed E-state index contributed by atoms with van der Waals surface area (Å²) in [4.78, 5) is 12.6. The van der Waals surface area contributed by atoms with Crippen molar-refractivity contribution in [2.45, 2.75) is 26.3 Å². The maximum Gasteiger partial charge on any atom is 0.191 e. The molecule has 0 atom stereocenters. The van der Waals surface area contributed by atoms with Gasteiger partial charge in [0.15, 0.2) is 5.96 Å². The highest BCUT2D eigenvalue weighted by Crippen LogP contribution is 2.10. The predicted molar refractivity (Wildman–Crippen MR) is 101 cm³/mol. The lowest BCUT2D eigenvalue weighted by molar-refractivity contribution is 0.584. The zero-order valence-corrected chi connectivity index (χ0v) is 14.6. The van der Waals surface area contributed by atoms with Gasteiger partial charge >= 0.3 is 0 Å². The average molecular weight is 339 g/mol. The highest BCUT2D eigenvalue weighted by atomic mass is 15.3. The van der Waals surface area contributed by atoms with Gasteiger partial charge in [0.2, 0.25) is 0 Å². The number of guanidine groups is 1. The van der Waals surface area contributed by atoms with Crippen molar-refractivity contribution < 1.29 is 0 Å². The number of aromatic nitrogens is 4. The lowest BCUT2D eigenvalue weighted by Gasteiger charge is -2.10. The maximum atomic E-state index is 4.61. The fourth-order valence-corrected chi connectivity index (χ4v) is 2.62. The summed E-state index contributed by atoms with van der Waals surface area (Å²) in [7, 11) is 0. The zero-order chi connectivity index (χ0) is 17.3. The molecular formula is C18H25N7. The van der Waals surface area contributed by atoms with Crippen LogP contribution in [-0.2, 0) is 13.0 Å². The van der Waals surface area contributed by atoms with Crippen molar-refractivity contribution >= 4 is 17.0 Å². The van der Waals surface area contributed by atoms with E-state index < -0.39 is 0 Å². The van der Waals surface area contributed by atoms with Gasteiger partial charge in [-0.2, -0.15) is 5.10 Å². The maximum absolute atomic E-state index is 4.61. The zero-order valence-electron chi connectivity index (χ0n) is 14.6. The number of imidazole rings is 1.